The first kappa shape index (κ1) is 16.4. The number of carbonyl (C=O) groups excluding carboxylic acids is 1. The smallest absolute Gasteiger partial charge is 0.233 e. The van der Waals surface area contributed by atoms with E-state index >= 15 is 0 Å². The SMILES string of the molecule is C[C@H]1CN(C(=O)C2(c3ccc(Cl)cc3)CC2)C[C@H]1N1CCOCC1. The normalized spacial score (nSPS) is 29.7. The van der Waals surface area contributed by atoms with Crippen molar-refractivity contribution < 1.29 is 9.53 Å². The molecule has 4 nitrogen and oxygen atoms in total. The second kappa shape index (κ2) is 6.32. The Hall–Kier alpha value is -1.10. The van der Waals surface area contributed by atoms with Gasteiger partial charge in [0.15, 0.2) is 0 Å². The van der Waals surface area contributed by atoms with Crippen molar-refractivity contribution in [3.8, 4) is 0 Å². The van der Waals surface area contributed by atoms with Crippen LogP contribution in [0.2, 0.25) is 5.02 Å². The molecule has 3 fully saturated rings. The lowest BCUT2D eigenvalue weighted by molar-refractivity contribution is -0.133. The van der Waals surface area contributed by atoms with E-state index in [0.717, 1.165) is 62.8 Å². The van der Waals surface area contributed by atoms with Gasteiger partial charge in [-0.15, -0.1) is 0 Å². The van der Waals surface area contributed by atoms with E-state index in [9.17, 15) is 4.79 Å². The number of morpholine rings is 1. The van der Waals surface area contributed by atoms with Crippen molar-refractivity contribution in [1.82, 2.24) is 9.80 Å². The highest BCUT2D eigenvalue weighted by Crippen LogP contribution is 2.50. The summed E-state index contributed by atoms with van der Waals surface area (Å²) in [6, 6.07) is 8.30. The van der Waals surface area contributed by atoms with Gasteiger partial charge >= 0.3 is 0 Å². The zero-order valence-electron chi connectivity index (χ0n) is 14.2. The lowest BCUT2D eigenvalue weighted by Crippen LogP contribution is -2.47. The maximum atomic E-state index is 13.2. The highest BCUT2D eigenvalue weighted by molar-refractivity contribution is 6.30. The first-order valence-corrected chi connectivity index (χ1v) is 9.35. The van der Waals surface area contributed by atoms with Gasteiger partial charge in [-0.25, -0.2) is 0 Å². The van der Waals surface area contributed by atoms with Gasteiger partial charge < -0.3 is 9.64 Å². The van der Waals surface area contributed by atoms with Crippen molar-refractivity contribution in [2.75, 3.05) is 39.4 Å². The largest absolute Gasteiger partial charge is 0.379 e. The average Bonchev–Trinajstić information content (AvgIpc) is 3.32. The fourth-order valence-electron chi connectivity index (χ4n) is 4.32. The molecule has 0 unspecified atom stereocenters. The van der Waals surface area contributed by atoms with Gasteiger partial charge in [-0.1, -0.05) is 30.7 Å². The van der Waals surface area contributed by atoms with Crippen molar-refractivity contribution in [3.05, 3.63) is 34.9 Å². The fraction of sp³-hybridized carbons (Fsp3) is 0.632. The van der Waals surface area contributed by atoms with Crippen molar-refractivity contribution in [1.29, 1.82) is 0 Å². The van der Waals surface area contributed by atoms with E-state index in [1.165, 1.54) is 0 Å². The summed E-state index contributed by atoms with van der Waals surface area (Å²) < 4.78 is 5.47. The van der Waals surface area contributed by atoms with Crippen LogP contribution in [0, 0.1) is 5.92 Å². The van der Waals surface area contributed by atoms with E-state index in [2.05, 4.69) is 16.7 Å². The summed E-state index contributed by atoms with van der Waals surface area (Å²) in [4.78, 5) is 17.8. The summed E-state index contributed by atoms with van der Waals surface area (Å²) in [5.74, 6) is 0.834. The van der Waals surface area contributed by atoms with Crippen LogP contribution in [0.4, 0.5) is 0 Å². The molecule has 3 aliphatic rings. The molecule has 2 saturated heterocycles. The molecule has 1 aliphatic carbocycles. The molecule has 0 radical (unpaired) electrons. The number of benzene rings is 1. The van der Waals surface area contributed by atoms with Crippen LogP contribution in [0.1, 0.15) is 25.3 Å². The summed E-state index contributed by atoms with van der Waals surface area (Å²) in [6.07, 6.45) is 1.92. The monoisotopic (exact) mass is 348 g/mol. The fourth-order valence-corrected chi connectivity index (χ4v) is 4.45. The number of hydrogen-bond donors (Lipinski definition) is 0. The van der Waals surface area contributed by atoms with Gasteiger partial charge in [-0.3, -0.25) is 9.69 Å². The topological polar surface area (TPSA) is 32.8 Å². The predicted molar refractivity (Wildman–Crippen MR) is 94.3 cm³/mol. The Morgan fingerprint density at radius 1 is 1.17 bits per heavy atom. The molecule has 5 heteroatoms. The number of halogens is 1. The lowest BCUT2D eigenvalue weighted by Gasteiger charge is -2.34. The van der Waals surface area contributed by atoms with Crippen LogP contribution >= 0.6 is 11.6 Å². The molecule has 24 heavy (non-hydrogen) atoms. The molecule has 1 saturated carbocycles. The van der Waals surface area contributed by atoms with Gasteiger partial charge in [0.05, 0.1) is 18.6 Å². The van der Waals surface area contributed by atoms with Crippen molar-refractivity contribution >= 4 is 17.5 Å². The highest BCUT2D eigenvalue weighted by Gasteiger charge is 2.54. The zero-order chi connectivity index (χ0) is 16.7. The van der Waals surface area contributed by atoms with E-state index in [4.69, 9.17) is 16.3 Å². The molecule has 0 aromatic heterocycles. The Labute approximate surface area is 148 Å². The number of likely N-dealkylation sites (tertiary alicyclic amines) is 1. The van der Waals surface area contributed by atoms with Crippen LogP contribution in [-0.2, 0) is 14.9 Å². The highest BCUT2D eigenvalue weighted by atomic mass is 35.5. The predicted octanol–water partition coefficient (Wildman–Crippen LogP) is 2.55. The van der Waals surface area contributed by atoms with E-state index in [0.29, 0.717) is 17.9 Å². The molecular formula is C19H25ClN2O2. The Morgan fingerprint density at radius 2 is 1.83 bits per heavy atom. The molecule has 130 valence electrons. The third-order valence-electron chi connectivity index (χ3n) is 5.93. The van der Waals surface area contributed by atoms with Gasteiger partial charge in [0.25, 0.3) is 0 Å². The molecule has 1 amide bonds. The summed E-state index contributed by atoms with van der Waals surface area (Å²) in [5.41, 5.74) is 0.837. The van der Waals surface area contributed by atoms with Crippen LogP contribution in [0.5, 0.6) is 0 Å². The Morgan fingerprint density at radius 3 is 2.46 bits per heavy atom. The number of hydrogen-bond acceptors (Lipinski definition) is 3. The molecule has 1 aromatic rings. The van der Waals surface area contributed by atoms with E-state index in [1.54, 1.807) is 0 Å². The Bertz CT molecular complexity index is 608. The lowest BCUT2D eigenvalue weighted by atomic mass is 9.94. The van der Waals surface area contributed by atoms with Gasteiger partial charge in [0, 0.05) is 37.2 Å². The molecular weight excluding hydrogens is 324 g/mol. The zero-order valence-corrected chi connectivity index (χ0v) is 15.0. The van der Waals surface area contributed by atoms with E-state index < -0.39 is 0 Å². The van der Waals surface area contributed by atoms with Crippen LogP contribution in [0.15, 0.2) is 24.3 Å². The van der Waals surface area contributed by atoms with Crippen molar-refractivity contribution in [2.24, 2.45) is 5.92 Å². The average molecular weight is 349 g/mol. The third kappa shape index (κ3) is 2.85. The molecule has 2 aliphatic heterocycles. The van der Waals surface area contributed by atoms with Crippen LogP contribution in [0.3, 0.4) is 0 Å². The second-order valence-electron chi connectivity index (χ2n) is 7.49. The molecule has 0 spiro atoms. The van der Waals surface area contributed by atoms with Gasteiger partial charge in [-0.2, -0.15) is 0 Å². The van der Waals surface area contributed by atoms with Gasteiger partial charge in [-0.05, 0) is 36.5 Å². The molecule has 2 atom stereocenters. The van der Waals surface area contributed by atoms with Crippen LogP contribution in [-0.4, -0.2) is 61.1 Å². The van der Waals surface area contributed by atoms with E-state index in [-0.39, 0.29) is 5.41 Å². The van der Waals surface area contributed by atoms with E-state index in [1.807, 2.05) is 24.3 Å². The Kier molecular flexibility index (Phi) is 4.31. The first-order valence-electron chi connectivity index (χ1n) is 8.97. The van der Waals surface area contributed by atoms with Crippen LogP contribution in [0.25, 0.3) is 0 Å². The summed E-state index contributed by atoms with van der Waals surface area (Å²) in [7, 11) is 0. The van der Waals surface area contributed by atoms with Crippen molar-refractivity contribution in [2.45, 2.75) is 31.2 Å². The molecule has 1 aromatic carbocycles. The number of amides is 1. The molecule has 0 N–H and O–H groups in total. The number of rotatable bonds is 3. The minimum absolute atomic E-state index is 0.287. The number of nitrogens with zero attached hydrogens (tertiary/aromatic N) is 2. The molecule has 2 heterocycles. The molecule has 0 bridgehead atoms. The maximum absolute atomic E-state index is 13.2. The summed E-state index contributed by atoms with van der Waals surface area (Å²) in [6.45, 7) is 7.59. The first-order chi connectivity index (χ1) is 11.6. The summed E-state index contributed by atoms with van der Waals surface area (Å²) >= 11 is 6.00. The maximum Gasteiger partial charge on any atom is 0.233 e. The van der Waals surface area contributed by atoms with Crippen molar-refractivity contribution in [3.63, 3.8) is 0 Å². The third-order valence-corrected chi connectivity index (χ3v) is 6.18. The van der Waals surface area contributed by atoms with Gasteiger partial charge in [0.1, 0.15) is 0 Å². The number of carbonyl (C=O) groups is 1. The Balaban J connectivity index is 1.48. The quantitative estimate of drug-likeness (QED) is 0.841. The molecule has 4 rings (SSSR count). The standard InChI is InChI=1S/C19H25ClN2O2/c1-14-12-22(13-17(14)21-8-10-24-11-9-21)18(23)19(6-7-19)15-2-4-16(20)5-3-15/h2-5,14,17H,6-13H2,1H3/t14-,17+/m0/s1. The number of ether oxygens (including phenoxy) is 1. The minimum atomic E-state index is -0.287. The van der Waals surface area contributed by atoms with Crippen LogP contribution < -0.4 is 0 Å². The minimum Gasteiger partial charge on any atom is -0.379 e. The second-order valence-corrected chi connectivity index (χ2v) is 7.93. The van der Waals surface area contributed by atoms with Gasteiger partial charge in [0.2, 0.25) is 5.91 Å². The summed E-state index contributed by atoms with van der Waals surface area (Å²) in [5, 5.41) is 0.726.